The minimum absolute atomic E-state index is 0. The van der Waals surface area contributed by atoms with Crippen LogP contribution in [0.3, 0.4) is 0 Å². The molecular weight excluding hydrogens is 471 g/mol. The van der Waals surface area contributed by atoms with Gasteiger partial charge in [0.2, 0.25) is 0 Å². The number of hydrogen-bond donors (Lipinski definition) is 1. The van der Waals surface area contributed by atoms with Crippen molar-refractivity contribution in [2.24, 2.45) is 10.9 Å². The average Bonchev–Trinajstić information content (AvgIpc) is 3.34. The number of imidazole rings is 1. The minimum atomic E-state index is -0.0571. The molecule has 2 aromatic heterocycles. The van der Waals surface area contributed by atoms with Crippen molar-refractivity contribution in [2.45, 2.75) is 26.9 Å². The van der Waals surface area contributed by atoms with Gasteiger partial charge in [-0.15, -0.1) is 24.0 Å². The predicted octanol–water partition coefficient (Wildman–Crippen LogP) is 2.28. The number of amides is 1. The van der Waals surface area contributed by atoms with E-state index in [0.29, 0.717) is 31.3 Å². The molecule has 1 fully saturated rings. The quantitative estimate of drug-likeness (QED) is 0.387. The topological polar surface area (TPSA) is 78.9 Å². The van der Waals surface area contributed by atoms with Crippen molar-refractivity contribution in [3.8, 4) is 0 Å². The van der Waals surface area contributed by atoms with Crippen LogP contribution < -0.4 is 5.32 Å². The molecule has 1 N–H and O–H groups in total. The maximum absolute atomic E-state index is 12.4. The van der Waals surface area contributed by atoms with Gasteiger partial charge in [-0.2, -0.15) is 0 Å². The summed E-state index contributed by atoms with van der Waals surface area (Å²) in [7, 11) is 1.78. The van der Waals surface area contributed by atoms with E-state index in [9.17, 15) is 4.79 Å². The third kappa shape index (κ3) is 5.49. The molecule has 0 bridgehead atoms. The summed E-state index contributed by atoms with van der Waals surface area (Å²) in [6.07, 6.45) is 5.37. The molecule has 0 aliphatic carbocycles. The van der Waals surface area contributed by atoms with E-state index in [1.807, 2.05) is 17.3 Å². The second kappa shape index (κ2) is 10.5. The molecule has 154 valence electrons. The minimum Gasteiger partial charge on any atom is -0.459 e. The largest absolute Gasteiger partial charge is 0.459 e. The highest BCUT2D eigenvalue weighted by Gasteiger charge is 2.25. The Morgan fingerprint density at radius 1 is 1.29 bits per heavy atom. The second-order valence-corrected chi connectivity index (χ2v) is 7.05. The van der Waals surface area contributed by atoms with Crippen molar-refractivity contribution < 1.29 is 9.21 Å². The zero-order chi connectivity index (χ0) is 19.2. The summed E-state index contributed by atoms with van der Waals surface area (Å²) in [5.41, 5.74) is 0. The number of halogens is 1. The number of guanidine groups is 1. The van der Waals surface area contributed by atoms with Crippen LogP contribution in [0.25, 0.3) is 0 Å². The lowest BCUT2D eigenvalue weighted by molar-refractivity contribution is 0.0657. The summed E-state index contributed by atoms with van der Waals surface area (Å²) < 4.78 is 7.38. The monoisotopic (exact) mass is 500 g/mol. The number of rotatable bonds is 5. The number of nitrogens with zero attached hydrogens (tertiary/aromatic N) is 5. The highest BCUT2D eigenvalue weighted by atomic mass is 127. The van der Waals surface area contributed by atoms with Gasteiger partial charge in [-0.3, -0.25) is 9.79 Å². The van der Waals surface area contributed by atoms with E-state index in [2.05, 4.69) is 38.6 Å². The number of aliphatic imine (C=N–C) groups is 1. The molecule has 0 unspecified atom stereocenters. The summed E-state index contributed by atoms with van der Waals surface area (Å²) in [5.74, 6) is 2.73. The van der Waals surface area contributed by atoms with Gasteiger partial charge >= 0.3 is 0 Å². The number of carbonyl (C=O) groups is 1. The van der Waals surface area contributed by atoms with Crippen LogP contribution in [-0.4, -0.2) is 64.4 Å². The SMILES string of the molecule is CN=C(NCc1nccn1CC(C)C)N1CCN(C(=O)c2ccco2)CC1.I. The summed E-state index contributed by atoms with van der Waals surface area (Å²) in [4.78, 5) is 25.2. The lowest BCUT2D eigenvalue weighted by atomic mass is 10.2. The molecule has 8 nitrogen and oxygen atoms in total. The van der Waals surface area contributed by atoms with Gasteiger partial charge in [-0.1, -0.05) is 13.8 Å². The van der Waals surface area contributed by atoms with E-state index in [-0.39, 0.29) is 29.9 Å². The van der Waals surface area contributed by atoms with Crippen LogP contribution >= 0.6 is 24.0 Å². The molecule has 0 radical (unpaired) electrons. The number of hydrogen-bond acceptors (Lipinski definition) is 4. The molecule has 1 aliphatic heterocycles. The molecule has 3 rings (SSSR count). The number of carbonyl (C=O) groups excluding carboxylic acids is 1. The number of furan rings is 1. The Bertz CT molecular complexity index is 763. The van der Waals surface area contributed by atoms with Gasteiger partial charge in [-0.05, 0) is 18.1 Å². The Labute approximate surface area is 183 Å². The van der Waals surface area contributed by atoms with Gasteiger partial charge in [0.1, 0.15) is 5.82 Å². The average molecular weight is 500 g/mol. The van der Waals surface area contributed by atoms with Gasteiger partial charge in [0.05, 0.1) is 12.8 Å². The van der Waals surface area contributed by atoms with Crippen LogP contribution in [0.15, 0.2) is 40.2 Å². The zero-order valence-corrected chi connectivity index (χ0v) is 19.0. The Morgan fingerprint density at radius 2 is 2.00 bits per heavy atom. The molecule has 9 heteroatoms. The summed E-state index contributed by atoms with van der Waals surface area (Å²) >= 11 is 0. The highest BCUT2D eigenvalue weighted by Crippen LogP contribution is 2.10. The lowest BCUT2D eigenvalue weighted by Crippen LogP contribution is -2.53. The van der Waals surface area contributed by atoms with E-state index in [0.717, 1.165) is 31.4 Å². The molecular formula is C19H29IN6O2. The van der Waals surface area contributed by atoms with E-state index in [1.165, 1.54) is 6.26 Å². The lowest BCUT2D eigenvalue weighted by Gasteiger charge is -2.36. The van der Waals surface area contributed by atoms with Crippen molar-refractivity contribution in [3.05, 3.63) is 42.4 Å². The van der Waals surface area contributed by atoms with Crippen LogP contribution in [0.5, 0.6) is 0 Å². The van der Waals surface area contributed by atoms with E-state index < -0.39 is 0 Å². The van der Waals surface area contributed by atoms with Crippen molar-refractivity contribution in [3.63, 3.8) is 0 Å². The smallest absolute Gasteiger partial charge is 0.289 e. The predicted molar refractivity (Wildman–Crippen MR) is 119 cm³/mol. The molecule has 0 spiro atoms. The first-order chi connectivity index (χ1) is 13.1. The first-order valence-electron chi connectivity index (χ1n) is 9.37. The summed E-state index contributed by atoms with van der Waals surface area (Å²) in [5, 5.41) is 3.40. The van der Waals surface area contributed by atoms with Crippen LogP contribution in [0.4, 0.5) is 0 Å². The Kier molecular flexibility index (Phi) is 8.34. The fourth-order valence-corrected chi connectivity index (χ4v) is 3.23. The van der Waals surface area contributed by atoms with E-state index >= 15 is 0 Å². The number of aromatic nitrogens is 2. The van der Waals surface area contributed by atoms with Crippen LogP contribution in [0.1, 0.15) is 30.2 Å². The van der Waals surface area contributed by atoms with Gasteiger partial charge < -0.3 is 24.1 Å². The fourth-order valence-electron chi connectivity index (χ4n) is 3.23. The van der Waals surface area contributed by atoms with E-state index in [1.54, 1.807) is 19.2 Å². The van der Waals surface area contributed by atoms with E-state index in [4.69, 9.17) is 4.42 Å². The maximum atomic E-state index is 12.4. The third-order valence-electron chi connectivity index (χ3n) is 4.58. The maximum Gasteiger partial charge on any atom is 0.289 e. The Morgan fingerprint density at radius 3 is 2.61 bits per heavy atom. The van der Waals surface area contributed by atoms with Crippen molar-refractivity contribution in [1.29, 1.82) is 0 Å². The molecule has 0 atom stereocenters. The van der Waals surface area contributed by atoms with Crippen LogP contribution in [0, 0.1) is 5.92 Å². The molecule has 1 aliphatic rings. The molecule has 1 amide bonds. The Balaban J connectivity index is 0.00000280. The van der Waals surface area contributed by atoms with Gasteiger partial charge in [0, 0.05) is 52.2 Å². The summed E-state index contributed by atoms with van der Waals surface area (Å²) in [6.45, 7) is 8.70. The third-order valence-corrected chi connectivity index (χ3v) is 4.58. The van der Waals surface area contributed by atoms with Gasteiger partial charge in [0.15, 0.2) is 11.7 Å². The molecule has 0 saturated carbocycles. The fraction of sp³-hybridized carbons (Fsp3) is 0.526. The van der Waals surface area contributed by atoms with Crippen molar-refractivity contribution >= 4 is 35.8 Å². The first kappa shape index (κ1) is 22.3. The first-order valence-corrected chi connectivity index (χ1v) is 9.37. The molecule has 0 aromatic carbocycles. The summed E-state index contributed by atoms with van der Waals surface area (Å²) in [6, 6.07) is 3.44. The number of nitrogens with one attached hydrogen (secondary N) is 1. The second-order valence-electron chi connectivity index (χ2n) is 7.05. The normalized spacial score (nSPS) is 14.9. The molecule has 2 aromatic rings. The molecule has 28 heavy (non-hydrogen) atoms. The molecule has 3 heterocycles. The standard InChI is InChI=1S/C19H28N6O2.HI/c1-15(2)14-25-7-6-21-17(25)13-22-19(20-3)24-10-8-23(9-11-24)18(26)16-5-4-12-27-16;/h4-7,12,15H,8-11,13-14H2,1-3H3,(H,20,22);1H. The van der Waals surface area contributed by atoms with Crippen molar-refractivity contribution in [2.75, 3.05) is 33.2 Å². The van der Waals surface area contributed by atoms with Crippen LogP contribution in [0.2, 0.25) is 0 Å². The molecule has 1 saturated heterocycles. The van der Waals surface area contributed by atoms with Crippen LogP contribution in [-0.2, 0) is 13.1 Å². The number of piperazine rings is 1. The zero-order valence-electron chi connectivity index (χ0n) is 16.7. The van der Waals surface area contributed by atoms with Gasteiger partial charge in [0.25, 0.3) is 5.91 Å². The van der Waals surface area contributed by atoms with Gasteiger partial charge in [-0.25, -0.2) is 4.98 Å². The highest BCUT2D eigenvalue weighted by molar-refractivity contribution is 14.0. The Hall–Kier alpha value is -2.04. The van der Waals surface area contributed by atoms with Crippen molar-refractivity contribution in [1.82, 2.24) is 24.7 Å².